The van der Waals surface area contributed by atoms with E-state index in [9.17, 15) is 5.26 Å². The molecule has 0 saturated heterocycles. The van der Waals surface area contributed by atoms with Gasteiger partial charge in [0.1, 0.15) is 22.5 Å². The molecule has 0 aliphatic rings. The molecule has 6 heteroatoms. The first kappa shape index (κ1) is 15.0. The molecule has 1 aromatic carbocycles. The average molecular weight is 321 g/mol. The molecule has 3 rings (SSSR count). The highest BCUT2D eigenvalue weighted by atomic mass is 32.1. The SMILES string of the molecule is Cc1csc(/C(C#N)=C/Nc2cc(C)nn2-c2ccccc2)n1. The van der Waals surface area contributed by atoms with Gasteiger partial charge in [-0.15, -0.1) is 11.3 Å². The van der Waals surface area contributed by atoms with Crippen molar-refractivity contribution in [3.8, 4) is 11.8 Å². The van der Waals surface area contributed by atoms with Crippen molar-refractivity contribution in [2.75, 3.05) is 5.32 Å². The Hall–Kier alpha value is -2.91. The van der Waals surface area contributed by atoms with E-state index in [0.29, 0.717) is 10.6 Å². The minimum atomic E-state index is 0.501. The molecule has 0 aliphatic carbocycles. The Morgan fingerprint density at radius 1 is 1.26 bits per heavy atom. The van der Waals surface area contributed by atoms with Crippen molar-refractivity contribution in [2.24, 2.45) is 0 Å². The average Bonchev–Trinajstić information content (AvgIpc) is 3.15. The number of nitrogens with one attached hydrogen (secondary N) is 1. The molecule has 2 heterocycles. The molecule has 0 bridgehead atoms. The Morgan fingerprint density at radius 2 is 2.04 bits per heavy atom. The van der Waals surface area contributed by atoms with Crippen LogP contribution in [0.4, 0.5) is 5.82 Å². The van der Waals surface area contributed by atoms with E-state index < -0.39 is 0 Å². The highest BCUT2D eigenvalue weighted by Crippen LogP contribution is 2.21. The van der Waals surface area contributed by atoms with Gasteiger partial charge in [0, 0.05) is 23.3 Å². The van der Waals surface area contributed by atoms with Crippen LogP contribution in [0.2, 0.25) is 0 Å². The van der Waals surface area contributed by atoms with Gasteiger partial charge in [-0.2, -0.15) is 10.4 Å². The van der Waals surface area contributed by atoms with Gasteiger partial charge in [0.05, 0.1) is 11.4 Å². The zero-order chi connectivity index (χ0) is 16.2. The maximum atomic E-state index is 9.34. The Kier molecular flexibility index (Phi) is 4.22. The van der Waals surface area contributed by atoms with Gasteiger partial charge in [-0.1, -0.05) is 18.2 Å². The summed E-state index contributed by atoms with van der Waals surface area (Å²) in [6.45, 7) is 3.85. The van der Waals surface area contributed by atoms with E-state index in [1.54, 1.807) is 6.20 Å². The quantitative estimate of drug-likeness (QED) is 0.740. The van der Waals surface area contributed by atoms with E-state index in [2.05, 4.69) is 21.5 Å². The predicted molar refractivity (Wildman–Crippen MR) is 92.4 cm³/mol. The Labute approximate surface area is 138 Å². The first-order valence-electron chi connectivity index (χ1n) is 7.09. The number of nitrogens with zero attached hydrogens (tertiary/aromatic N) is 4. The second kappa shape index (κ2) is 6.46. The standard InChI is InChI=1S/C17H15N5S/c1-12-8-16(22(21-12)15-6-4-3-5-7-15)19-10-14(9-18)17-20-13(2)11-23-17/h3-8,10-11,19H,1-2H3/b14-10+. The largest absolute Gasteiger partial charge is 0.345 e. The maximum absolute atomic E-state index is 9.34. The van der Waals surface area contributed by atoms with E-state index in [1.165, 1.54) is 11.3 Å². The molecule has 114 valence electrons. The molecular weight excluding hydrogens is 306 g/mol. The second-order valence-electron chi connectivity index (χ2n) is 5.03. The fraction of sp³-hybridized carbons (Fsp3) is 0.118. The number of benzene rings is 1. The van der Waals surface area contributed by atoms with Crippen molar-refractivity contribution >= 4 is 22.7 Å². The molecular formula is C17H15N5S. The van der Waals surface area contributed by atoms with Gasteiger partial charge in [-0.25, -0.2) is 9.67 Å². The van der Waals surface area contributed by atoms with Crippen LogP contribution in [0.25, 0.3) is 11.3 Å². The van der Waals surface area contributed by atoms with Crippen molar-refractivity contribution in [1.82, 2.24) is 14.8 Å². The highest BCUT2D eigenvalue weighted by Gasteiger charge is 2.08. The molecule has 23 heavy (non-hydrogen) atoms. The number of aromatic nitrogens is 3. The number of allylic oxidation sites excluding steroid dienone is 1. The van der Waals surface area contributed by atoms with E-state index in [4.69, 9.17) is 0 Å². The van der Waals surface area contributed by atoms with Gasteiger partial charge in [-0.05, 0) is 26.0 Å². The van der Waals surface area contributed by atoms with E-state index in [0.717, 1.165) is 22.9 Å². The van der Waals surface area contributed by atoms with E-state index in [-0.39, 0.29) is 0 Å². The van der Waals surface area contributed by atoms with Crippen LogP contribution >= 0.6 is 11.3 Å². The van der Waals surface area contributed by atoms with Gasteiger partial charge in [0.25, 0.3) is 0 Å². The topological polar surface area (TPSA) is 66.5 Å². The summed E-state index contributed by atoms with van der Waals surface area (Å²) in [5.41, 5.74) is 3.27. The van der Waals surface area contributed by atoms with Gasteiger partial charge < -0.3 is 5.32 Å². The maximum Gasteiger partial charge on any atom is 0.135 e. The number of para-hydroxylation sites is 1. The molecule has 0 aliphatic heterocycles. The molecule has 0 radical (unpaired) electrons. The summed E-state index contributed by atoms with van der Waals surface area (Å²) >= 11 is 1.46. The highest BCUT2D eigenvalue weighted by molar-refractivity contribution is 7.10. The zero-order valence-electron chi connectivity index (χ0n) is 12.8. The molecule has 0 saturated carbocycles. The number of aryl methyl sites for hydroxylation is 2. The minimum absolute atomic E-state index is 0.501. The fourth-order valence-corrected chi connectivity index (χ4v) is 2.90. The summed E-state index contributed by atoms with van der Waals surface area (Å²) in [5, 5.41) is 19.6. The Morgan fingerprint density at radius 3 is 2.70 bits per heavy atom. The van der Waals surface area contributed by atoms with Crippen LogP contribution in [-0.2, 0) is 0 Å². The summed E-state index contributed by atoms with van der Waals surface area (Å²) < 4.78 is 1.81. The lowest BCUT2D eigenvalue weighted by Crippen LogP contribution is -2.02. The lowest BCUT2D eigenvalue weighted by Gasteiger charge is -2.07. The van der Waals surface area contributed by atoms with Gasteiger partial charge >= 0.3 is 0 Å². The van der Waals surface area contributed by atoms with Crippen molar-refractivity contribution in [3.05, 3.63) is 64.4 Å². The lowest BCUT2D eigenvalue weighted by molar-refractivity contribution is 0.869. The number of anilines is 1. The van der Waals surface area contributed by atoms with E-state index >= 15 is 0 Å². The Bertz CT molecular complexity index is 883. The third kappa shape index (κ3) is 3.30. The van der Waals surface area contributed by atoms with Crippen molar-refractivity contribution in [1.29, 1.82) is 5.26 Å². The first-order chi connectivity index (χ1) is 11.2. The van der Waals surface area contributed by atoms with Gasteiger partial charge in [0.2, 0.25) is 0 Å². The van der Waals surface area contributed by atoms with Crippen molar-refractivity contribution in [3.63, 3.8) is 0 Å². The monoisotopic (exact) mass is 321 g/mol. The third-order valence-electron chi connectivity index (χ3n) is 3.17. The van der Waals surface area contributed by atoms with Crippen LogP contribution in [0.15, 0.2) is 48.0 Å². The van der Waals surface area contributed by atoms with Crippen LogP contribution in [0.3, 0.4) is 0 Å². The molecule has 0 fully saturated rings. The van der Waals surface area contributed by atoms with Crippen LogP contribution in [0, 0.1) is 25.2 Å². The first-order valence-corrected chi connectivity index (χ1v) is 7.97. The molecule has 0 unspecified atom stereocenters. The lowest BCUT2D eigenvalue weighted by atomic mass is 10.3. The van der Waals surface area contributed by atoms with Crippen molar-refractivity contribution < 1.29 is 0 Å². The summed E-state index contributed by atoms with van der Waals surface area (Å²) in [6, 6.07) is 14.0. The molecule has 0 atom stereocenters. The smallest absolute Gasteiger partial charge is 0.135 e. The molecule has 3 aromatic rings. The summed E-state index contributed by atoms with van der Waals surface area (Å²) in [7, 11) is 0. The molecule has 1 N–H and O–H groups in total. The summed E-state index contributed by atoms with van der Waals surface area (Å²) in [5.74, 6) is 0.801. The fourth-order valence-electron chi connectivity index (χ4n) is 2.13. The molecule has 2 aromatic heterocycles. The normalized spacial score (nSPS) is 11.3. The number of rotatable bonds is 4. The second-order valence-corrected chi connectivity index (χ2v) is 5.88. The third-order valence-corrected chi connectivity index (χ3v) is 4.16. The number of thiazole rings is 1. The minimum Gasteiger partial charge on any atom is -0.345 e. The van der Waals surface area contributed by atoms with Crippen LogP contribution in [0.1, 0.15) is 16.4 Å². The molecule has 0 amide bonds. The van der Waals surface area contributed by atoms with Crippen LogP contribution in [-0.4, -0.2) is 14.8 Å². The predicted octanol–water partition coefficient (Wildman–Crippen LogP) is 3.92. The van der Waals surface area contributed by atoms with Crippen molar-refractivity contribution in [2.45, 2.75) is 13.8 Å². The number of hydrogen-bond acceptors (Lipinski definition) is 5. The van der Waals surface area contributed by atoms with Crippen LogP contribution in [0.5, 0.6) is 0 Å². The van der Waals surface area contributed by atoms with Gasteiger partial charge in [0.15, 0.2) is 0 Å². The van der Waals surface area contributed by atoms with Gasteiger partial charge in [-0.3, -0.25) is 0 Å². The zero-order valence-corrected chi connectivity index (χ0v) is 13.6. The Balaban J connectivity index is 1.92. The molecule has 5 nitrogen and oxygen atoms in total. The number of hydrogen-bond donors (Lipinski definition) is 1. The summed E-state index contributed by atoms with van der Waals surface area (Å²) in [4.78, 5) is 4.35. The molecule has 0 spiro atoms. The summed E-state index contributed by atoms with van der Waals surface area (Å²) in [6.07, 6.45) is 1.67. The number of nitriles is 1. The van der Waals surface area contributed by atoms with E-state index in [1.807, 2.05) is 60.3 Å². The van der Waals surface area contributed by atoms with Crippen LogP contribution < -0.4 is 5.32 Å².